The fourth-order valence-corrected chi connectivity index (χ4v) is 2.77. The van der Waals surface area contributed by atoms with Crippen LogP contribution in [-0.2, 0) is 6.42 Å². The van der Waals surface area contributed by atoms with Gasteiger partial charge in [-0.15, -0.1) is 0 Å². The van der Waals surface area contributed by atoms with Crippen LogP contribution in [0.5, 0.6) is 0 Å². The van der Waals surface area contributed by atoms with Gasteiger partial charge in [-0.1, -0.05) is 49.4 Å². The smallest absolute Gasteiger partial charge is 0.229 e. The maximum Gasteiger partial charge on any atom is 0.229 e. The Morgan fingerprint density at radius 2 is 1.67 bits per heavy atom. The summed E-state index contributed by atoms with van der Waals surface area (Å²) in [5.41, 5.74) is 8.02. The number of halogens is 1. The molecule has 1 heterocycles. The highest BCUT2D eigenvalue weighted by atomic mass is 19.1. The highest BCUT2D eigenvalue weighted by Gasteiger charge is 2.12. The van der Waals surface area contributed by atoms with E-state index in [9.17, 15) is 4.39 Å². The van der Waals surface area contributed by atoms with Gasteiger partial charge in [-0.3, -0.25) is 0 Å². The van der Waals surface area contributed by atoms with Crippen LogP contribution in [0.25, 0.3) is 0 Å². The van der Waals surface area contributed by atoms with Crippen molar-refractivity contribution in [3.8, 4) is 0 Å². The summed E-state index contributed by atoms with van der Waals surface area (Å²) in [6, 6.07) is 16.6. The van der Waals surface area contributed by atoms with Gasteiger partial charge in [0.2, 0.25) is 17.8 Å². The monoisotopic (exact) mass is 366 g/mol. The Balaban J connectivity index is 1.64. The first-order valence-electron chi connectivity index (χ1n) is 8.95. The van der Waals surface area contributed by atoms with Crippen molar-refractivity contribution in [2.24, 2.45) is 0 Å². The molecule has 7 heteroatoms. The van der Waals surface area contributed by atoms with E-state index in [0.29, 0.717) is 18.4 Å². The van der Waals surface area contributed by atoms with Crippen molar-refractivity contribution >= 4 is 17.8 Å². The molecule has 4 N–H and O–H groups in total. The molecule has 1 aromatic heterocycles. The lowest BCUT2D eigenvalue weighted by molar-refractivity contribution is 0.627. The molecule has 0 aliphatic carbocycles. The third-order valence-electron chi connectivity index (χ3n) is 4.18. The molecule has 0 saturated carbocycles. The number of nitrogens with zero attached hydrogens (tertiary/aromatic N) is 3. The number of nitrogens with two attached hydrogens (primary N) is 1. The van der Waals surface area contributed by atoms with Gasteiger partial charge in [0.05, 0.1) is 6.04 Å². The fourth-order valence-electron chi connectivity index (χ4n) is 2.77. The van der Waals surface area contributed by atoms with Crippen LogP contribution in [-0.4, -0.2) is 21.5 Å². The second-order valence-corrected chi connectivity index (χ2v) is 6.16. The number of nitrogen functional groups attached to an aromatic ring is 1. The number of aromatic nitrogens is 3. The Labute approximate surface area is 158 Å². The normalized spacial score (nSPS) is 11.8. The second-order valence-electron chi connectivity index (χ2n) is 6.16. The minimum atomic E-state index is -0.239. The van der Waals surface area contributed by atoms with E-state index in [4.69, 9.17) is 5.73 Å². The van der Waals surface area contributed by atoms with Gasteiger partial charge in [-0.2, -0.15) is 15.0 Å². The average molecular weight is 366 g/mol. The average Bonchev–Trinajstić information content (AvgIpc) is 2.68. The van der Waals surface area contributed by atoms with Gasteiger partial charge in [0.15, 0.2) is 0 Å². The van der Waals surface area contributed by atoms with Crippen LogP contribution in [0.2, 0.25) is 0 Å². The lowest BCUT2D eigenvalue weighted by atomic mass is 10.1. The summed E-state index contributed by atoms with van der Waals surface area (Å²) in [7, 11) is 0. The minimum Gasteiger partial charge on any atom is -0.368 e. The first kappa shape index (κ1) is 18.6. The third-order valence-corrected chi connectivity index (χ3v) is 4.18. The molecule has 2 aromatic carbocycles. The summed E-state index contributed by atoms with van der Waals surface area (Å²) in [5, 5.41) is 6.46. The minimum absolute atomic E-state index is 0.0834. The van der Waals surface area contributed by atoms with Gasteiger partial charge in [0.1, 0.15) is 5.82 Å². The third kappa shape index (κ3) is 5.37. The fraction of sp³-hybridized carbons (Fsp3) is 0.250. The maximum atomic E-state index is 13.0. The quantitative estimate of drug-likeness (QED) is 0.562. The molecule has 0 spiro atoms. The van der Waals surface area contributed by atoms with Crippen molar-refractivity contribution < 1.29 is 4.39 Å². The molecule has 6 nitrogen and oxygen atoms in total. The van der Waals surface area contributed by atoms with Crippen LogP contribution in [0.4, 0.5) is 22.2 Å². The number of rotatable bonds is 8. The molecule has 0 aliphatic rings. The van der Waals surface area contributed by atoms with E-state index < -0.39 is 0 Å². The predicted octanol–water partition coefficient (Wildman–Crippen LogP) is 3.81. The zero-order valence-electron chi connectivity index (χ0n) is 15.2. The summed E-state index contributed by atoms with van der Waals surface area (Å²) in [5.74, 6) is 0.758. The van der Waals surface area contributed by atoms with E-state index in [0.717, 1.165) is 24.0 Å². The lowest BCUT2D eigenvalue weighted by Gasteiger charge is -2.18. The summed E-state index contributed by atoms with van der Waals surface area (Å²) in [6.45, 7) is 2.70. The Morgan fingerprint density at radius 3 is 2.37 bits per heavy atom. The van der Waals surface area contributed by atoms with Crippen LogP contribution >= 0.6 is 0 Å². The molecule has 140 valence electrons. The Morgan fingerprint density at radius 1 is 0.963 bits per heavy atom. The molecule has 3 rings (SSSR count). The van der Waals surface area contributed by atoms with Gasteiger partial charge in [0, 0.05) is 6.54 Å². The number of nitrogens with one attached hydrogen (secondary N) is 2. The first-order valence-corrected chi connectivity index (χ1v) is 8.95. The Kier molecular flexibility index (Phi) is 6.14. The molecular formula is C20H23FN6. The highest BCUT2D eigenvalue weighted by molar-refractivity contribution is 5.42. The maximum absolute atomic E-state index is 13.0. The van der Waals surface area contributed by atoms with Crippen molar-refractivity contribution in [3.05, 3.63) is 71.5 Å². The van der Waals surface area contributed by atoms with Crippen molar-refractivity contribution in [1.29, 1.82) is 0 Å². The van der Waals surface area contributed by atoms with Crippen LogP contribution in [0.15, 0.2) is 54.6 Å². The summed E-state index contributed by atoms with van der Waals surface area (Å²) < 4.78 is 13.0. The molecule has 1 atom stereocenters. The van der Waals surface area contributed by atoms with Crippen molar-refractivity contribution in [2.45, 2.75) is 25.8 Å². The Bertz CT molecular complexity index is 854. The van der Waals surface area contributed by atoms with Crippen LogP contribution < -0.4 is 16.4 Å². The largest absolute Gasteiger partial charge is 0.368 e. The van der Waals surface area contributed by atoms with E-state index in [1.807, 2.05) is 18.2 Å². The topological polar surface area (TPSA) is 88.8 Å². The standard InChI is InChI=1S/C20H23FN6/c1-2-17(15-6-4-3-5-7-15)24-20-26-18(22)25-19(27-20)23-13-12-14-8-10-16(21)11-9-14/h3-11,17H,2,12-13H2,1H3,(H4,22,23,24,25,26,27)/t17-/m0/s1. The predicted molar refractivity (Wildman–Crippen MR) is 106 cm³/mol. The van der Waals surface area contributed by atoms with Crippen LogP contribution in [0, 0.1) is 5.82 Å². The molecule has 0 amide bonds. The number of benzene rings is 2. The summed E-state index contributed by atoms with van der Waals surface area (Å²) in [6.07, 6.45) is 1.60. The van der Waals surface area contributed by atoms with Gasteiger partial charge in [-0.05, 0) is 36.1 Å². The molecule has 0 aliphatic heterocycles. The molecule has 0 radical (unpaired) electrons. The molecule has 0 fully saturated rings. The first-order chi connectivity index (χ1) is 13.1. The zero-order valence-corrected chi connectivity index (χ0v) is 15.2. The summed E-state index contributed by atoms with van der Waals surface area (Å²) >= 11 is 0. The highest BCUT2D eigenvalue weighted by Crippen LogP contribution is 2.21. The van der Waals surface area contributed by atoms with Gasteiger partial charge in [-0.25, -0.2) is 4.39 Å². The van der Waals surface area contributed by atoms with Crippen molar-refractivity contribution in [2.75, 3.05) is 22.9 Å². The van der Waals surface area contributed by atoms with E-state index in [2.05, 4.69) is 44.6 Å². The number of anilines is 3. The second kappa shape index (κ2) is 8.93. The molecule has 0 unspecified atom stereocenters. The molecule has 27 heavy (non-hydrogen) atoms. The van der Waals surface area contributed by atoms with E-state index in [1.54, 1.807) is 12.1 Å². The van der Waals surface area contributed by atoms with Crippen molar-refractivity contribution in [3.63, 3.8) is 0 Å². The SMILES string of the molecule is CC[C@H](Nc1nc(N)nc(NCCc2ccc(F)cc2)n1)c1ccccc1. The van der Waals surface area contributed by atoms with Crippen molar-refractivity contribution in [1.82, 2.24) is 15.0 Å². The molecule has 0 bridgehead atoms. The van der Waals surface area contributed by atoms with Gasteiger partial charge < -0.3 is 16.4 Å². The number of hydrogen-bond donors (Lipinski definition) is 3. The van der Waals surface area contributed by atoms with Gasteiger partial charge in [0.25, 0.3) is 0 Å². The lowest BCUT2D eigenvalue weighted by Crippen LogP contribution is -2.16. The van der Waals surface area contributed by atoms with Gasteiger partial charge >= 0.3 is 0 Å². The molecule has 3 aromatic rings. The Hall–Kier alpha value is -3.22. The van der Waals surface area contributed by atoms with E-state index >= 15 is 0 Å². The van der Waals surface area contributed by atoms with E-state index in [1.165, 1.54) is 12.1 Å². The van der Waals surface area contributed by atoms with E-state index in [-0.39, 0.29) is 17.8 Å². The molecular weight excluding hydrogens is 343 g/mol. The number of hydrogen-bond acceptors (Lipinski definition) is 6. The zero-order chi connectivity index (χ0) is 19.1. The molecule has 0 saturated heterocycles. The van der Waals surface area contributed by atoms with Crippen LogP contribution in [0.3, 0.4) is 0 Å². The summed E-state index contributed by atoms with van der Waals surface area (Å²) in [4.78, 5) is 12.7. The van der Waals surface area contributed by atoms with Crippen LogP contribution in [0.1, 0.15) is 30.5 Å².